The summed E-state index contributed by atoms with van der Waals surface area (Å²) in [6.07, 6.45) is 12.6. The van der Waals surface area contributed by atoms with Gasteiger partial charge < -0.3 is 10.6 Å². The van der Waals surface area contributed by atoms with Crippen LogP contribution >= 0.6 is 0 Å². The molecule has 3 aliphatic heterocycles. The molecule has 3 heterocycles. The molecule has 1 amide bonds. The molecule has 0 aromatic carbocycles. The first kappa shape index (κ1) is 10.0. The van der Waals surface area contributed by atoms with Gasteiger partial charge in [0.1, 0.15) is 6.67 Å². The molecule has 1 fully saturated rings. The minimum Gasteiger partial charge on any atom is -0.366 e. The number of nitrogens with two attached hydrogens (primary N) is 1. The monoisotopic (exact) mass is 230 g/mol. The molecule has 0 spiro atoms. The Balaban J connectivity index is 1.93. The van der Waals surface area contributed by atoms with Crippen LogP contribution in [0.2, 0.25) is 0 Å². The van der Waals surface area contributed by atoms with Crippen molar-refractivity contribution in [1.82, 2.24) is 14.9 Å². The van der Waals surface area contributed by atoms with Crippen molar-refractivity contribution in [3.8, 4) is 0 Å². The molecule has 0 saturated carbocycles. The third-order valence-electron chi connectivity index (χ3n) is 3.08. The van der Waals surface area contributed by atoms with Crippen LogP contribution in [0.5, 0.6) is 0 Å². The van der Waals surface area contributed by atoms with Gasteiger partial charge in [-0.2, -0.15) is 0 Å². The van der Waals surface area contributed by atoms with Crippen LogP contribution in [0.3, 0.4) is 0 Å². The smallest absolute Gasteiger partial charge is 0.246 e. The van der Waals surface area contributed by atoms with E-state index in [0.29, 0.717) is 12.0 Å². The highest BCUT2D eigenvalue weighted by Gasteiger charge is 2.27. The van der Waals surface area contributed by atoms with E-state index < -0.39 is 0 Å². The fourth-order valence-corrected chi connectivity index (χ4v) is 2.20. The second-order valence-electron chi connectivity index (χ2n) is 4.27. The molecule has 2 bridgehead atoms. The lowest BCUT2D eigenvalue weighted by molar-refractivity contribution is -0.114. The summed E-state index contributed by atoms with van der Waals surface area (Å²) in [5, 5.41) is 4.06. The quantitative estimate of drug-likeness (QED) is 0.711. The normalized spacial score (nSPS) is 21.8. The maximum atomic E-state index is 11.2. The van der Waals surface area contributed by atoms with E-state index >= 15 is 0 Å². The van der Waals surface area contributed by atoms with Crippen LogP contribution in [0, 0.1) is 0 Å². The highest BCUT2D eigenvalue weighted by Crippen LogP contribution is 2.26. The van der Waals surface area contributed by atoms with Gasteiger partial charge >= 0.3 is 0 Å². The molecule has 3 rings (SSSR count). The van der Waals surface area contributed by atoms with Crippen LogP contribution in [0.15, 0.2) is 48.1 Å². The van der Waals surface area contributed by atoms with Crippen LogP contribution in [0.25, 0.3) is 0 Å². The predicted octanol–water partition coefficient (Wildman–Crippen LogP) is 0.476. The second-order valence-corrected chi connectivity index (χ2v) is 4.27. The number of hydrogen-bond acceptors (Lipinski definition) is 4. The molecule has 2 N–H and O–H groups in total. The van der Waals surface area contributed by atoms with Crippen molar-refractivity contribution in [1.29, 1.82) is 0 Å². The number of hydrogen-bond donors (Lipinski definition) is 1. The van der Waals surface area contributed by atoms with Gasteiger partial charge in [0, 0.05) is 24.2 Å². The summed E-state index contributed by atoms with van der Waals surface area (Å²) in [4.78, 5) is 13.4. The lowest BCUT2D eigenvalue weighted by atomic mass is 10.1. The average molecular weight is 230 g/mol. The van der Waals surface area contributed by atoms with Crippen molar-refractivity contribution in [3.63, 3.8) is 0 Å². The van der Waals surface area contributed by atoms with Gasteiger partial charge in [-0.1, -0.05) is 6.08 Å². The lowest BCUT2D eigenvalue weighted by Crippen LogP contribution is -2.49. The first-order valence-corrected chi connectivity index (χ1v) is 5.58. The zero-order chi connectivity index (χ0) is 11.8. The Labute approximate surface area is 99.7 Å². The van der Waals surface area contributed by atoms with Crippen LogP contribution in [0.1, 0.15) is 6.42 Å². The molecule has 0 unspecified atom stereocenters. The first-order chi connectivity index (χ1) is 8.24. The summed E-state index contributed by atoms with van der Waals surface area (Å²) in [6.45, 7) is 1.64. The van der Waals surface area contributed by atoms with Crippen molar-refractivity contribution < 1.29 is 4.79 Å². The first-order valence-electron chi connectivity index (χ1n) is 5.58. The lowest BCUT2D eigenvalue weighted by Gasteiger charge is -2.44. The largest absolute Gasteiger partial charge is 0.366 e. The molecule has 5 nitrogen and oxygen atoms in total. The van der Waals surface area contributed by atoms with Gasteiger partial charge in [0.05, 0.1) is 12.2 Å². The van der Waals surface area contributed by atoms with Crippen LogP contribution < -0.4 is 5.73 Å². The zero-order valence-corrected chi connectivity index (χ0v) is 9.41. The number of fused-ring (bicyclic) bond motifs is 4. The zero-order valence-electron chi connectivity index (χ0n) is 9.41. The Bertz CT molecular complexity index is 475. The fourth-order valence-electron chi connectivity index (χ4n) is 2.20. The van der Waals surface area contributed by atoms with Crippen LogP contribution in [-0.4, -0.2) is 34.0 Å². The van der Waals surface area contributed by atoms with Gasteiger partial charge in [-0.05, 0) is 18.6 Å². The maximum Gasteiger partial charge on any atom is 0.246 e. The van der Waals surface area contributed by atoms with Gasteiger partial charge in [0.25, 0.3) is 0 Å². The van der Waals surface area contributed by atoms with Crippen molar-refractivity contribution >= 4 is 5.91 Å². The summed E-state index contributed by atoms with van der Waals surface area (Å²) >= 11 is 0. The molecule has 17 heavy (non-hydrogen) atoms. The van der Waals surface area contributed by atoms with Crippen LogP contribution in [0.4, 0.5) is 0 Å². The van der Waals surface area contributed by atoms with E-state index in [1.54, 1.807) is 0 Å². The Kier molecular flexibility index (Phi) is 2.18. The molecule has 0 aliphatic carbocycles. The average Bonchev–Trinajstić information content (AvgIpc) is 2.51. The third kappa shape index (κ3) is 1.69. The van der Waals surface area contributed by atoms with Crippen molar-refractivity contribution in [2.45, 2.75) is 6.42 Å². The van der Waals surface area contributed by atoms with Gasteiger partial charge in [0.15, 0.2) is 0 Å². The van der Waals surface area contributed by atoms with Crippen molar-refractivity contribution in [2.75, 3.05) is 13.2 Å². The molecule has 3 aliphatic rings. The molecule has 0 radical (unpaired) electrons. The van der Waals surface area contributed by atoms with E-state index in [-0.39, 0.29) is 5.91 Å². The number of carbonyl (C=O) groups is 1. The molecule has 0 atom stereocenters. The summed E-state index contributed by atoms with van der Waals surface area (Å²) in [5.41, 5.74) is 7.15. The Morgan fingerprint density at radius 3 is 2.94 bits per heavy atom. The van der Waals surface area contributed by atoms with Gasteiger partial charge in [-0.3, -0.25) is 14.8 Å². The number of allylic oxidation sites excluding steroid dienone is 3. The Morgan fingerprint density at radius 2 is 2.12 bits per heavy atom. The molecule has 88 valence electrons. The fraction of sp³-hybridized carbons (Fsp3) is 0.250. The highest BCUT2D eigenvalue weighted by molar-refractivity contribution is 5.92. The summed E-state index contributed by atoms with van der Waals surface area (Å²) < 4.78 is 0. The Hall–Kier alpha value is -2.17. The number of carbonyl (C=O) groups excluding carboxylic acids is 1. The van der Waals surface area contributed by atoms with Gasteiger partial charge in [0.2, 0.25) is 5.91 Å². The second kappa shape index (κ2) is 3.69. The molecule has 0 aromatic heterocycles. The third-order valence-corrected chi connectivity index (χ3v) is 3.08. The number of primary amides is 1. The van der Waals surface area contributed by atoms with E-state index in [1.165, 1.54) is 5.70 Å². The number of nitrogens with zero attached hydrogens (tertiary/aromatic N) is 3. The molecule has 1 saturated heterocycles. The summed E-state index contributed by atoms with van der Waals surface area (Å²) in [5.74, 6) is -0.348. The molecule has 5 heteroatoms. The molecular formula is C12H14N4O. The number of amides is 1. The molecule has 0 aromatic rings. The summed E-state index contributed by atoms with van der Waals surface area (Å²) in [7, 11) is 0. The topological polar surface area (TPSA) is 52.8 Å². The van der Waals surface area contributed by atoms with E-state index in [9.17, 15) is 4.79 Å². The Morgan fingerprint density at radius 1 is 1.29 bits per heavy atom. The van der Waals surface area contributed by atoms with Gasteiger partial charge in [-0.25, -0.2) is 0 Å². The van der Waals surface area contributed by atoms with Gasteiger partial charge in [-0.15, -0.1) is 0 Å². The van der Waals surface area contributed by atoms with Crippen LogP contribution in [-0.2, 0) is 4.79 Å². The van der Waals surface area contributed by atoms with Crippen molar-refractivity contribution in [3.05, 3.63) is 48.1 Å². The standard InChI is InChI=1S/C12H14N4O/c13-12(17)10-3-4-11-8-14-5-1-2-6-15(9-14)16(11)7-10/h1-2,4-7H,3,8-9H2,(H2,13,17). The minimum absolute atomic E-state index is 0.348. The predicted molar refractivity (Wildman–Crippen MR) is 63.5 cm³/mol. The van der Waals surface area contributed by atoms with E-state index in [1.807, 2.05) is 29.6 Å². The van der Waals surface area contributed by atoms with Crippen molar-refractivity contribution in [2.24, 2.45) is 5.73 Å². The highest BCUT2D eigenvalue weighted by atomic mass is 16.1. The molecular weight excluding hydrogens is 216 g/mol. The SMILES string of the molecule is NC(=O)C1=CN2C(=CC1)CN1C=CC=CN2C1. The van der Waals surface area contributed by atoms with E-state index in [4.69, 9.17) is 5.73 Å². The summed E-state index contributed by atoms with van der Waals surface area (Å²) in [6, 6.07) is 0. The van der Waals surface area contributed by atoms with E-state index in [2.05, 4.69) is 22.2 Å². The van der Waals surface area contributed by atoms with E-state index in [0.717, 1.165) is 13.2 Å². The number of hydrazine groups is 1. The minimum atomic E-state index is -0.348. The maximum absolute atomic E-state index is 11.2. The number of rotatable bonds is 1.